The van der Waals surface area contributed by atoms with Gasteiger partial charge in [-0.15, -0.1) is 0 Å². The maximum absolute atomic E-state index is 11.9. The fraction of sp³-hybridized carbons (Fsp3) is 0.0588. The molecule has 0 unspecified atom stereocenters. The van der Waals surface area contributed by atoms with Crippen LogP contribution < -0.4 is 0 Å². The SMILES string of the molecule is Cc1c[nH]c2c1C(c1cc3ccccc3[nH]1)=CC(=O)C2=O. The second-order valence-electron chi connectivity index (χ2n) is 5.24. The number of hydrogen-bond donors (Lipinski definition) is 2. The standard InChI is InChI=1S/C17H12N2O2/c1-9-8-18-16-15(9)11(7-14(20)17(16)21)13-6-10-4-2-3-5-12(10)19-13/h2-8,18-19H,1H3. The van der Waals surface area contributed by atoms with Crippen LogP contribution in [0.15, 0.2) is 42.6 Å². The van der Waals surface area contributed by atoms with Gasteiger partial charge in [-0.25, -0.2) is 0 Å². The minimum atomic E-state index is -0.488. The first-order chi connectivity index (χ1) is 10.1. The molecule has 1 aromatic carbocycles. The molecule has 0 fully saturated rings. The van der Waals surface area contributed by atoms with Crippen molar-refractivity contribution in [3.05, 3.63) is 65.1 Å². The Morgan fingerprint density at radius 2 is 1.90 bits per heavy atom. The van der Waals surface area contributed by atoms with Crippen LogP contribution in [0.4, 0.5) is 0 Å². The number of fused-ring (bicyclic) bond motifs is 2. The van der Waals surface area contributed by atoms with Crippen LogP contribution in [0.3, 0.4) is 0 Å². The molecule has 2 heterocycles. The van der Waals surface area contributed by atoms with E-state index >= 15 is 0 Å². The van der Waals surface area contributed by atoms with Crippen molar-refractivity contribution in [2.75, 3.05) is 0 Å². The van der Waals surface area contributed by atoms with Gasteiger partial charge in [-0.3, -0.25) is 9.59 Å². The van der Waals surface area contributed by atoms with Crippen LogP contribution in [-0.2, 0) is 4.79 Å². The predicted octanol–water partition coefficient (Wildman–Crippen LogP) is 3.00. The number of ketones is 2. The molecule has 102 valence electrons. The van der Waals surface area contributed by atoms with E-state index in [1.54, 1.807) is 6.20 Å². The van der Waals surface area contributed by atoms with Crippen molar-refractivity contribution in [2.45, 2.75) is 6.92 Å². The molecule has 4 nitrogen and oxygen atoms in total. The molecule has 0 aliphatic heterocycles. The van der Waals surface area contributed by atoms with E-state index in [-0.39, 0.29) is 0 Å². The van der Waals surface area contributed by atoms with Gasteiger partial charge in [0, 0.05) is 33.9 Å². The predicted molar refractivity (Wildman–Crippen MR) is 80.2 cm³/mol. The first-order valence-corrected chi connectivity index (χ1v) is 6.72. The Morgan fingerprint density at radius 1 is 1.10 bits per heavy atom. The minimum absolute atomic E-state index is 0.383. The number of aryl methyl sites for hydroxylation is 1. The summed E-state index contributed by atoms with van der Waals surface area (Å²) in [6.07, 6.45) is 3.19. The lowest BCUT2D eigenvalue weighted by molar-refractivity contribution is -0.111. The van der Waals surface area contributed by atoms with Crippen molar-refractivity contribution in [3.63, 3.8) is 0 Å². The van der Waals surface area contributed by atoms with Crippen molar-refractivity contribution in [2.24, 2.45) is 0 Å². The van der Waals surface area contributed by atoms with Crippen molar-refractivity contribution in [1.82, 2.24) is 9.97 Å². The number of nitrogens with one attached hydrogen (secondary N) is 2. The summed E-state index contributed by atoms with van der Waals surface area (Å²) in [5.74, 6) is -0.962. The molecule has 4 rings (SSSR count). The van der Waals surface area contributed by atoms with E-state index in [2.05, 4.69) is 9.97 Å². The number of allylic oxidation sites excluding steroid dienone is 1. The molecular formula is C17H12N2O2. The highest BCUT2D eigenvalue weighted by Crippen LogP contribution is 2.33. The van der Waals surface area contributed by atoms with Crippen molar-refractivity contribution in [3.8, 4) is 0 Å². The zero-order chi connectivity index (χ0) is 14.6. The monoisotopic (exact) mass is 276 g/mol. The molecule has 3 aromatic rings. The normalized spacial score (nSPS) is 14.4. The summed E-state index contributed by atoms with van der Waals surface area (Å²) in [6, 6.07) is 9.92. The summed E-state index contributed by atoms with van der Waals surface area (Å²) in [7, 11) is 0. The van der Waals surface area contributed by atoms with Crippen LogP contribution in [0.1, 0.15) is 27.3 Å². The van der Waals surface area contributed by atoms with Crippen LogP contribution >= 0.6 is 0 Å². The summed E-state index contributed by atoms with van der Waals surface area (Å²) >= 11 is 0. The number of H-pyrrole nitrogens is 2. The van der Waals surface area contributed by atoms with Crippen LogP contribution in [-0.4, -0.2) is 21.5 Å². The Morgan fingerprint density at radius 3 is 2.71 bits per heavy atom. The topological polar surface area (TPSA) is 65.7 Å². The number of Topliss-reactive ketones (excluding diaryl/α,β-unsaturated/α-hetero) is 1. The fourth-order valence-electron chi connectivity index (χ4n) is 2.87. The average Bonchev–Trinajstić information content (AvgIpc) is 3.07. The van der Waals surface area contributed by atoms with Gasteiger partial charge in [0.25, 0.3) is 0 Å². The largest absolute Gasteiger partial charge is 0.358 e. The molecule has 0 amide bonds. The number of carbonyl (C=O) groups is 2. The van der Waals surface area contributed by atoms with E-state index in [0.717, 1.165) is 33.3 Å². The van der Waals surface area contributed by atoms with Gasteiger partial charge < -0.3 is 9.97 Å². The van der Waals surface area contributed by atoms with Crippen molar-refractivity contribution in [1.29, 1.82) is 0 Å². The maximum Gasteiger partial charge on any atom is 0.249 e. The smallest absolute Gasteiger partial charge is 0.249 e. The molecule has 0 radical (unpaired) electrons. The van der Waals surface area contributed by atoms with Crippen LogP contribution in [0, 0.1) is 6.92 Å². The van der Waals surface area contributed by atoms with Crippen LogP contribution in [0.5, 0.6) is 0 Å². The Kier molecular flexibility index (Phi) is 2.30. The molecule has 21 heavy (non-hydrogen) atoms. The first-order valence-electron chi connectivity index (χ1n) is 6.72. The minimum Gasteiger partial charge on any atom is -0.358 e. The second-order valence-corrected chi connectivity index (χ2v) is 5.24. The Labute approximate surface area is 120 Å². The summed E-state index contributed by atoms with van der Waals surface area (Å²) < 4.78 is 0. The molecule has 0 bridgehead atoms. The van der Waals surface area contributed by atoms with Crippen molar-refractivity contribution >= 4 is 28.0 Å². The molecule has 0 saturated carbocycles. The average molecular weight is 276 g/mol. The quantitative estimate of drug-likeness (QED) is 0.671. The van der Waals surface area contributed by atoms with Gasteiger partial charge in [0.1, 0.15) is 0 Å². The van der Waals surface area contributed by atoms with E-state index < -0.39 is 11.6 Å². The Hall–Kier alpha value is -2.88. The van der Waals surface area contributed by atoms with E-state index in [0.29, 0.717) is 5.69 Å². The third-order valence-electron chi connectivity index (χ3n) is 3.89. The molecule has 0 atom stereocenters. The third kappa shape index (κ3) is 1.62. The lowest BCUT2D eigenvalue weighted by Crippen LogP contribution is -2.19. The highest BCUT2D eigenvalue weighted by atomic mass is 16.2. The molecule has 0 spiro atoms. The van der Waals surface area contributed by atoms with Gasteiger partial charge in [-0.2, -0.15) is 0 Å². The number of aromatic amines is 2. The maximum atomic E-state index is 11.9. The van der Waals surface area contributed by atoms with E-state index in [9.17, 15) is 9.59 Å². The van der Waals surface area contributed by atoms with Gasteiger partial charge in [0.2, 0.25) is 11.6 Å². The number of carbonyl (C=O) groups excluding carboxylic acids is 2. The summed E-state index contributed by atoms with van der Waals surface area (Å²) in [5.41, 5.74) is 4.77. The molecule has 2 aromatic heterocycles. The molecular weight excluding hydrogens is 264 g/mol. The van der Waals surface area contributed by atoms with Gasteiger partial charge in [-0.1, -0.05) is 18.2 Å². The van der Waals surface area contributed by atoms with E-state index in [1.807, 2.05) is 37.3 Å². The number of aromatic nitrogens is 2. The third-order valence-corrected chi connectivity index (χ3v) is 3.89. The molecule has 1 aliphatic carbocycles. The number of hydrogen-bond acceptors (Lipinski definition) is 2. The lowest BCUT2D eigenvalue weighted by atomic mass is 9.90. The molecule has 4 heteroatoms. The molecule has 2 N–H and O–H groups in total. The highest BCUT2D eigenvalue weighted by Gasteiger charge is 2.29. The first kappa shape index (κ1) is 11.9. The summed E-state index contributed by atoms with van der Waals surface area (Å²) in [5, 5.41) is 1.08. The van der Waals surface area contributed by atoms with Crippen LogP contribution in [0.25, 0.3) is 16.5 Å². The molecule has 1 aliphatic rings. The van der Waals surface area contributed by atoms with Gasteiger partial charge >= 0.3 is 0 Å². The number of benzene rings is 1. The Balaban J connectivity index is 1.98. The van der Waals surface area contributed by atoms with Gasteiger partial charge in [0.05, 0.1) is 5.69 Å². The Bertz CT molecular complexity index is 908. The van der Waals surface area contributed by atoms with E-state index in [4.69, 9.17) is 0 Å². The fourth-order valence-corrected chi connectivity index (χ4v) is 2.87. The number of rotatable bonds is 1. The zero-order valence-electron chi connectivity index (χ0n) is 11.4. The number of para-hydroxylation sites is 1. The molecule has 0 saturated heterocycles. The van der Waals surface area contributed by atoms with Crippen LogP contribution in [0.2, 0.25) is 0 Å². The second kappa shape index (κ2) is 4.06. The van der Waals surface area contributed by atoms with Crippen molar-refractivity contribution < 1.29 is 9.59 Å². The zero-order valence-corrected chi connectivity index (χ0v) is 11.4. The summed E-state index contributed by atoms with van der Waals surface area (Å²) in [4.78, 5) is 30.1. The van der Waals surface area contributed by atoms with Gasteiger partial charge in [-0.05, 0) is 30.7 Å². The lowest BCUT2D eigenvalue weighted by Gasteiger charge is -2.12. The van der Waals surface area contributed by atoms with Gasteiger partial charge in [0.15, 0.2) is 0 Å². The highest BCUT2D eigenvalue weighted by molar-refractivity contribution is 6.50. The van der Waals surface area contributed by atoms with E-state index in [1.165, 1.54) is 6.08 Å². The summed E-state index contributed by atoms with van der Waals surface area (Å²) in [6.45, 7) is 1.93.